The molecule has 0 bridgehead atoms. The third kappa shape index (κ3) is 2.60. The van der Waals surface area contributed by atoms with Gasteiger partial charge in [-0.2, -0.15) is 0 Å². The zero-order valence-corrected chi connectivity index (χ0v) is 16.0. The quantitative estimate of drug-likeness (QED) is 0.584. The Bertz CT molecular complexity index is 1330. The highest BCUT2D eigenvalue weighted by molar-refractivity contribution is 7.92. The van der Waals surface area contributed by atoms with E-state index in [2.05, 4.69) is 9.71 Å². The number of hydrogen-bond acceptors (Lipinski definition) is 5. The van der Waals surface area contributed by atoms with Crippen LogP contribution in [0.15, 0.2) is 46.1 Å². The largest absolute Gasteiger partial charge is 0.328 e. The monoisotopic (exact) mass is 388 g/mol. The van der Waals surface area contributed by atoms with Crippen molar-refractivity contribution in [3.63, 3.8) is 0 Å². The molecular weight excluding hydrogens is 372 g/mol. The Morgan fingerprint density at radius 2 is 1.77 bits per heavy atom. The summed E-state index contributed by atoms with van der Waals surface area (Å²) < 4.78 is 32.0. The lowest BCUT2D eigenvalue weighted by Gasteiger charge is -2.08. The molecule has 2 aromatic heterocycles. The molecular formula is C17H16N4O3S2. The molecule has 0 saturated heterocycles. The van der Waals surface area contributed by atoms with Crippen LogP contribution in [0.25, 0.3) is 21.3 Å². The molecule has 0 saturated carbocycles. The van der Waals surface area contributed by atoms with Crippen LogP contribution >= 0.6 is 11.3 Å². The van der Waals surface area contributed by atoms with Gasteiger partial charge in [0.1, 0.15) is 0 Å². The summed E-state index contributed by atoms with van der Waals surface area (Å²) >= 11 is 1.51. The van der Waals surface area contributed by atoms with Crippen LogP contribution in [-0.2, 0) is 24.1 Å². The Hall–Kier alpha value is -2.65. The second-order valence-corrected chi connectivity index (χ2v) is 8.99. The first-order valence-electron chi connectivity index (χ1n) is 7.82. The average Bonchev–Trinajstić information content (AvgIpc) is 3.07. The molecule has 2 aromatic carbocycles. The van der Waals surface area contributed by atoms with Crippen molar-refractivity contribution in [3.05, 3.63) is 51.9 Å². The summed E-state index contributed by atoms with van der Waals surface area (Å²) in [7, 11) is -0.502. The van der Waals surface area contributed by atoms with Crippen molar-refractivity contribution in [2.24, 2.45) is 14.1 Å². The summed E-state index contributed by atoms with van der Waals surface area (Å²) in [5.74, 6) is 0. The van der Waals surface area contributed by atoms with Crippen molar-refractivity contribution in [1.82, 2.24) is 14.1 Å². The average molecular weight is 388 g/mol. The number of thiazole rings is 1. The minimum absolute atomic E-state index is 0.104. The molecule has 0 aliphatic heterocycles. The van der Waals surface area contributed by atoms with Gasteiger partial charge in [0, 0.05) is 14.1 Å². The van der Waals surface area contributed by atoms with Crippen LogP contribution in [0.5, 0.6) is 0 Å². The van der Waals surface area contributed by atoms with Crippen molar-refractivity contribution in [2.45, 2.75) is 11.8 Å². The molecule has 0 spiro atoms. The van der Waals surface area contributed by atoms with Gasteiger partial charge in [0.2, 0.25) is 0 Å². The Morgan fingerprint density at radius 3 is 2.54 bits per heavy atom. The molecule has 0 amide bonds. The summed E-state index contributed by atoms with van der Waals surface area (Å²) in [6.07, 6.45) is 0. The fourth-order valence-corrected chi connectivity index (χ4v) is 4.91. The van der Waals surface area contributed by atoms with E-state index in [1.54, 1.807) is 38.4 Å². The molecule has 2 heterocycles. The number of nitrogens with zero attached hydrogens (tertiary/aromatic N) is 3. The number of benzene rings is 2. The molecule has 4 rings (SSSR count). The topological polar surface area (TPSA) is 86.0 Å². The summed E-state index contributed by atoms with van der Waals surface area (Å²) in [6, 6.07) is 9.90. The first kappa shape index (κ1) is 16.8. The zero-order valence-electron chi connectivity index (χ0n) is 14.3. The number of nitrogens with one attached hydrogen (secondary N) is 1. The van der Waals surface area contributed by atoms with Crippen molar-refractivity contribution in [3.8, 4) is 0 Å². The number of sulfonamides is 1. The van der Waals surface area contributed by atoms with E-state index >= 15 is 0 Å². The van der Waals surface area contributed by atoms with Crippen LogP contribution in [0.4, 0.5) is 5.69 Å². The molecule has 0 atom stereocenters. The van der Waals surface area contributed by atoms with Gasteiger partial charge in [-0.15, -0.1) is 11.3 Å². The standard InChI is InChI=1S/C17H16N4O3S2/c1-10-18-13-6-4-11(8-16(13)25-10)19-26(23,24)12-5-7-14-15(9-12)21(3)17(22)20(14)2/h4-9,19H,1-3H3. The maximum atomic E-state index is 12.8. The fourth-order valence-electron chi connectivity index (χ4n) is 2.97. The number of fused-ring (bicyclic) bond motifs is 2. The third-order valence-electron chi connectivity index (χ3n) is 4.30. The Labute approximate surface area is 153 Å². The van der Waals surface area contributed by atoms with Gasteiger partial charge >= 0.3 is 5.69 Å². The maximum Gasteiger partial charge on any atom is 0.328 e. The highest BCUT2D eigenvalue weighted by Gasteiger charge is 2.18. The number of anilines is 1. The van der Waals surface area contributed by atoms with E-state index in [0.717, 1.165) is 15.2 Å². The number of aromatic nitrogens is 3. The number of rotatable bonds is 3. The Morgan fingerprint density at radius 1 is 1.04 bits per heavy atom. The van der Waals surface area contributed by atoms with Gasteiger partial charge in [-0.1, -0.05) is 0 Å². The van der Waals surface area contributed by atoms with Gasteiger partial charge < -0.3 is 0 Å². The van der Waals surface area contributed by atoms with Crippen LogP contribution < -0.4 is 10.4 Å². The van der Waals surface area contributed by atoms with Crippen molar-refractivity contribution < 1.29 is 8.42 Å². The van der Waals surface area contributed by atoms with Gasteiger partial charge in [-0.05, 0) is 43.3 Å². The maximum absolute atomic E-state index is 12.8. The summed E-state index contributed by atoms with van der Waals surface area (Å²) in [5.41, 5.74) is 2.36. The molecule has 0 aliphatic carbocycles. The lowest BCUT2D eigenvalue weighted by atomic mass is 10.3. The number of aryl methyl sites for hydroxylation is 3. The SMILES string of the molecule is Cc1nc2ccc(NS(=O)(=O)c3ccc4c(c3)n(C)c(=O)n4C)cc2s1. The first-order valence-corrected chi connectivity index (χ1v) is 10.1. The van der Waals surface area contributed by atoms with Gasteiger partial charge in [0.05, 0.1) is 36.8 Å². The predicted molar refractivity (Wildman–Crippen MR) is 103 cm³/mol. The van der Waals surface area contributed by atoms with E-state index < -0.39 is 10.0 Å². The highest BCUT2D eigenvalue weighted by Crippen LogP contribution is 2.26. The lowest BCUT2D eigenvalue weighted by molar-refractivity contribution is 0.601. The van der Waals surface area contributed by atoms with Gasteiger partial charge in [0.15, 0.2) is 0 Å². The second kappa shape index (κ2) is 5.68. The molecule has 0 aliphatic rings. The van der Waals surface area contributed by atoms with Gasteiger partial charge in [-0.3, -0.25) is 13.9 Å². The molecule has 4 aromatic rings. The minimum atomic E-state index is -3.78. The van der Waals surface area contributed by atoms with Crippen molar-refractivity contribution in [1.29, 1.82) is 0 Å². The van der Waals surface area contributed by atoms with Crippen LogP contribution in [-0.4, -0.2) is 22.5 Å². The van der Waals surface area contributed by atoms with E-state index in [0.29, 0.717) is 16.7 Å². The number of imidazole rings is 1. The van der Waals surface area contributed by atoms with Gasteiger partial charge in [0.25, 0.3) is 10.0 Å². The van der Waals surface area contributed by atoms with E-state index in [1.807, 2.05) is 6.92 Å². The summed E-state index contributed by atoms with van der Waals surface area (Å²) in [4.78, 5) is 16.5. The highest BCUT2D eigenvalue weighted by atomic mass is 32.2. The summed E-state index contributed by atoms with van der Waals surface area (Å²) in [5, 5.41) is 0.926. The predicted octanol–water partition coefficient (Wildman–Crippen LogP) is 2.60. The fraction of sp³-hybridized carbons (Fsp3) is 0.176. The van der Waals surface area contributed by atoms with Gasteiger partial charge in [-0.25, -0.2) is 18.2 Å². The molecule has 26 heavy (non-hydrogen) atoms. The molecule has 7 nitrogen and oxygen atoms in total. The third-order valence-corrected chi connectivity index (χ3v) is 6.61. The second-order valence-electron chi connectivity index (χ2n) is 6.07. The van der Waals surface area contributed by atoms with Crippen molar-refractivity contribution in [2.75, 3.05) is 4.72 Å². The van der Waals surface area contributed by atoms with Crippen LogP contribution in [0.1, 0.15) is 5.01 Å². The number of hydrogen-bond donors (Lipinski definition) is 1. The van der Waals surface area contributed by atoms with E-state index in [-0.39, 0.29) is 10.6 Å². The van der Waals surface area contributed by atoms with Crippen molar-refractivity contribution >= 4 is 48.3 Å². The molecule has 134 valence electrons. The molecule has 0 fully saturated rings. The minimum Gasteiger partial charge on any atom is -0.295 e. The van der Waals surface area contributed by atoms with E-state index in [4.69, 9.17) is 0 Å². The molecule has 0 unspecified atom stereocenters. The van der Waals surface area contributed by atoms with E-state index in [1.165, 1.54) is 32.6 Å². The molecule has 9 heteroatoms. The Balaban J connectivity index is 1.76. The van der Waals surface area contributed by atoms with Crippen LogP contribution in [0.2, 0.25) is 0 Å². The lowest BCUT2D eigenvalue weighted by Crippen LogP contribution is -2.19. The smallest absolute Gasteiger partial charge is 0.295 e. The van der Waals surface area contributed by atoms with E-state index in [9.17, 15) is 13.2 Å². The normalized spacial score (nSPS) is 12.1. The summed E-state index contributed by atoms with van der Waals surface area (Å²) in [6.45, 7) is 1.91. The van der Waals surface area contributed by atoms with Crippen LogP contribution in [0, 0.1) is 6.92 Å². The Kier molecular flexibility index (Phi) is 3.67. The molecule has 1 N–H and O–H groups in total. The first-order chi connectivity index (χ1) is 12.3. The molecule has 0 radical (unpaired) electrons. The van der Waals surface area contributed by atoms with Crippen LogP contribution in [0.3, 0.4) is 0 Å². The zero-order chi connectivity index (χ0) is 18.6.